The monoisotopic (exact) mass is 223 g/mol. The van der Waals surface area contributed by atoms with E-state index in [1.165, 1.54) is 17.7 Å². The topological polar surface area (TPSA) is 37.4 Å². The molecule has 1 saturated heterocycles. The number of hydrogen-bond donors (Lipinski definition) is 0. The van der Waals surface area contributed by atoms with Crippen LogP contribution in [0.5, 0.6) is 0 Å². The summed E-state index contributed by atoms with van der Waals surface area (Å²) in [5.41, 5.74) is 0.0433. The van der Waals surface area contributed by atoms with Crippen molar-refractivity contribution in [2.75, 3.05) is 6.54 Å². The van der Waals surface area contributed by atoms with E-state index in [1.807, 2.05) is 13.8 Å². The molecule has 2 fully saturated rings. The summed E-state index contributed by atoms with van der Waals surface area (Å²) in [6, 6.07) is 0. The van der Waals surface area contributed by atoms with Crippen LogP contribution in [0.3, 0.4) is 0 Å². The van der Waals surface area contributed by atoms with E-state index in [4.69, 9.17) is 0 Å². The summed E-state index contributed by atoms with van der Waals surface area (Å²) >= 11 is 0. The van der Waals surface area contributed by atoms with E-state index in [0.717, 1.165) is 12.8 Å². The molecule has 0 atom stereocenters. The average molecular weight is 223 g/mol. The van der Waals surface area contributed by atoms with Crippen molar-refractivity contribution < 1.29 is 9.59 Å². The van der Waals surface area contributed by atoms with Gasteiger partial charge in [-0.25, -0.2) is 0 Å². The molecule has 0 radical (unpaired) electrons. The number of carbonyl (C=O) groups is 2. The highest BCUT2D eigenvalue weighted by Crippen LogP contribution is 2.46. The van der Waals surface area contributed by atoms with Gasteiger partial charge in [-0.2, -0.15) is 0 Å². The van der Waals surface area contributed by atoms with Crippen molar-refractivity contribution in [3.8, 4) is 0 Å². The van der Waals surface area contributed by atoms with E-state index in [9.17, 15) is 9.59 Å². The van der Waals surface area contributed by atoms with Gasteiger partial charge in [-0.05, 0) is 24.2 Å². The van der Waals surface area contributed by atoms with Crippen LogP contribution in [0.2, 0.25) is 0 Å². The Morgan fingerprint density at radius 1 is 1.12 bits per heavy atom. The standard InChI is InChI=1S/C13H21NO2/c1-10(2)9-14-11(15)7-13(8-12(14)16)5-3-4-6-13/h10H,3-9H2,1-2H3. The van der Waals surface area contributed by atoms with Crippen molar-refractivity contribution in [1.82, 2.24) is 4.90 Å². The molecule has 0 bridgehead atoms. The summed E-state index contributed by atoms with van der Waals surface area (Å²) in [4.78, 5) is 25.5. The number of imide groups is 1. The largest absolute Gasteiger partial charge is 0.282 e. The van der Waals surface area contributed by atoms with Gasteiger partial charge < -0.3 is 0 Å². The molecule has 2 aliphatic rings. The maximum atomic E-state index is 12.0. The molecular weight excluding hydrogens is 202 g/mol. The minimum Gasteiger partial charge on any atom is -0.282 e. The van der Waals surface area contributed by atoms with Crippen LogP contribution in [0, 0.1) is 11.3 Å². The van der Waals surface area contributed by atoms with Crippen molar-refractivity contribution in [3.63, 3.8) is 0 Å². The summed E-state index contributed by atoms with van der Waals surface area (Å²) in [7, 11) is 0. The maximum absolute atomic E-state index is 12.0. The second-order valence-corrected chi connectivity index (χ2v) is 5.85. The van der Waals surface area contributed by atoms with Crippen molar-refractivity contribution in [1.29, 1.82) is 0 Å². The van der Waals surface area contributed by atoms with Crippen molar-refractivity contribution in [2.45, 2.75) is 52.4 Å². The lowest BCUT2D eigenvalue weighted by Crippen LogP contribution is -2.48. The molecule has 2 amide bonds. The van der Waals surface area contributed by atoms with Crippen LogP contribution >= 0.6 is 0 Å². The Morgan fingerprint density at radius 2 is 1.62 bits per heavy atom. The SMILES string of the molecule is CC(C)CN1C(=O)CC2(CCCC2)CC1=O. The second kappa shape index (κ2) is 4.19. The van der Waals surface area contributed by atoms with E-state index in [-0.39, 0.29) is 17.2 Å². The molecule has 16 heavy (non-hydrogen) atoms. The van der Waals surface area contributed by atoms with Gasteiger partial charge in [0.2, 0.25) is 11.8 Å². The molecule has 0 N–H and O–H groups in total. The molecule has 1 spiro atoms. The Kier molecular flexibility index (Phi) is 3.04. The molecule has 3 nitrogen and oxygen atoms in total. The van der Waals surface area contributed by atoms with Crippen LogP contribution in [-0.4, -0.2) is 23.3 Å². The predicted molar refractivity (Wildman–Crippen MR) is 61.7 cm³/mol. The van der Waals surface area contributed by atoms with Crippen molar-refractivity contribution in [2.24, 2.45) is 11.3 Å². The van der Waals surface area contributed by atoms with Crippen LogP contribution in [-0.2, 0) is 9.59 Å². The van der Waals surface area contributed by atoms with E-state index in [2.05, 4.69) is 0 Å². The Hall–Kier alpha value is -0.860. The molecule has 1 aliphatic carbocycles. The minimum absolute atomic E-state index is 0.0433. The molecule has 1 saturated carbocycles. The number of nitrogens with zero attached hydrogens (tertiary/aromatic N) is 1. The number of piperidine rings is 1. The summed E-state index contributed by atoms with van der Waals surface area (Å²) < 4.78 is 0. The summed E-state index contributed by atoms with van der Waals surface area (Å²) in [6.07, 6.45) is 5.71. The highest BCUT2D eigenvalue weighted by Gasteiger charge is 2.44. The van der Waals surface area contributed by atoms with Crippen LogP contribution in [0.4, 0.5) is 0 Å². The molecule has 2 rings (SSSR count). The van der Waals surface area contributed by atoms with Gasteiger partial charge in [0.1, 0.15) is 0 Å². The molecule has 0 aromatic rings. The number of rotatable bonds is 2. The first kappa shape index (κ1) is 11.6. The van der Waals surface area contributed by atoms with Crippen LogP contribution in [0.15, 0.2) is 0 Å². The quantitative estimate of drug-likeness (QED) is 0.674. The van der Waals surface area contributed by atoms with Gasteiger partial charge in [0.05, 0.1) is 0 Å². The Labute approximate surface area is 97.2 Å². The minimum atomic E-state index is 0.0433. The molecule has 1 heterocycles. The fourth-order valence-electron chi connectivity index (χ4n) is 3.08. The molecular formula is C13H21NO2. The first-order valence-corrected chi connectivity index (χ1v) is 6.36. The molecule has 90 valence electrons. The van der Waals surface area contributed by atoms with Gasteiger partial charge in [-0.1, -0.05) is 26.7 Å². The second-order valence-electron chi connectivity index (χ2n) is 5.85. The summed E-state index contributed by atoms with van der Waals surface area (Å²) in [5.74, 6) is 0.490. The normalized spacial score (nSPS) is 24.8. The lowest BCUT2D eigenvalue weighted by atomic mass is 9.76. The number of amides is 2. The number of carbonyl (C=O) groups excluding carboxylic acids is 2. The fourth-order valence-corrected chi connectivity index (χ4v) is 3.08. The van der Waals surface area contributed by atoms with Crippen molar-refractivity contribution >= 4 is 11.8 Å². The Bertz CT molecular complexity index is 283. The summed E-state index contributed by atoms with van der Waals surface area (Å²) in [5, 5.41) is 0. The fraction of sp³-hybridized carbons (Fsp3) is 0.846. The first-order chi connectivity index (χ1) is 7.52. The Balaban J connectivity index is 2.07. The molecule has 3 heteroatoms. The van der Waals surface area contributed by atoms with Crippen LogP contribution in [0.25, 0.3) is 0 Å². The van der Waals surface area contributed by atoms with Gasteiger partial charge in [-0.3, -0.25) is 14.5 Å². The third-order valence-corrected chi connectivity index (χ3v) is 3.87. The zero-order valence-corrected chi connectivity index (χ0v) is 10.3. The summed E-state index contributed by atoms with van der Waals surface area (Å²) in [6.45, 7) is 4.68. The lowest BCUT2D eigenvalue weighted by Gasteiger charge is -2.37. The third kappa shape index (κ3) is 2.13. The lowest BCUT2D eigenvalue weighted by molar-refractivity contribution is -0.154. The predicted octanol–water partition coefficient (Wildman–Crippen LogP) is 2.35. The number of likely N-dealkylation sites (tertiary alicyclic amines) is 1. The zero-order chi connectivity index (χ0) is 11.8. The highest BCUT2D eigenvalue weighted by atomic mass is 16.2. The van der Waals surface area contributed by atoms with Gasteiger partial charge in [0.25, 0.3) is 0 Å². The van der Waals surface area contributed by atoms with Crippen molar-refractivity contribution in [3.05, 3.63) is 0 Å². The average Bonchev–Trinajstić information content (AvgIpc) is 2.60. The van der Waals surface area contributed by atoms with Gasteiger partial charge in [-0.15, -0.1) is 0 Å². The first-order valence-electron chi connectivity index (χ1n) is 6.36. The zero-order valence-electron chi connectivity index (χ0n) is 10.3. The van der Waals surface area contributed by atoms with E-state index >= 15 is 0 Å². The highest BCUT2D eigenvalue weighted by molar-refractivity contribution is 5.98. The third-order valence-electron chi connectivity index (χ3n) is 3.87. The van der Waals surface area contributed by atoms with Crippen LogP contribution < -0.4 is 0 Å². The van der Waals surface area contributed by atoms with Gasteiger partial charge in [0.15, 0.2) is 0 Å². The molecule has 1 aliphatic heterocycles. The van der Waals surface area contributed by atoms with E-state index < -0.39 is 0 Å². The van der Waals surface area contributed by atoms with Gasteiger partial charge >= 0.3 is 0 Å². The van der Waals surface area contributed by atoms with E-state index in [0.29, 0.717) is 25.3 Å². The van der Waals surface area contributed by atoms with E-state index in [1.54, 1.807) is 0 Å². The molecule has 0 aromatic carbocycles. The smallest absolute Gasteiger partial charge is 0.229 e. The van der Waals surface area contributed by atoms with Crippen LogP contribution in [0.1, 0.15) is 52.4 Å². The number of hydrogen-bond acceptors (Lipinski definition) is 2. The maximum Gasteiger partial charge on any atom is 0.229 e. The van der Waals surface area contributed by atoms with Gasteiger partial charge in [0, 0.05) is 19.4 Å². The molecule has 0 unspecified atom stereocenters. The molecule has 0 aromatic heterocycles. The Morgan fingerprint density at radius 3 is 2.06 bits per heavy atom.